The molecule has 0 radical (unpaired) electrons. The molecule has 0 heterocycles. The molecule has 1 N–H and O–H groups in total. The molecule has 0 aliphatic rings. The maximum Gasteiger partial charge on any atom is 0.321 e. The van der Waals surface area contributed by atoms with Gasteiger partial charge in [0.25, 0.3) is 5.91 Å². The first-order valence-electron chi connectivity index (χ1n) is 4.91. The van der Waals surface area contributed by atoms with Crippen LogP contribution in [0.3, 0.4) is 0 Å². The standard InChI is InChI=1S/C11H10BrF2NO3/c1-18-11(17)7(12)5-15-10(16)6-3-2-4-8(13)9(6)14/h2-4,7H,5H2,1H3,(H,15,16). The summed E-state index contributed by atoms with van der Waals surface area (Å²) in [6.45, 7) is -0.0958. The minimum absolute atomic E-state index is 0.0958. The molecule has 98 valence electrons. The van der Waals surface area contributed by atoms with Gasteiger partial charge in [-0.15, -0.1) is 0 Å². The first kappa shape index (κ1) is 14.6. The number of alkyl halides is 1. The molecule has 7 heteroatoms. The summed E-state index contributed by atoms with van der Waals surface area (Å²) >= 11 is 2.98. The van der Waals surface area contributed by atoms with Crippen LogP contribution in [0.1, 0.15) is 10.4 Å². The molecule has 0 aliphatic carbocycles. The third kappa shape index (κ3) is 3.49. The molecule has 0 bridgehead atoms. The predicted octanol–water partition coefficient (Wildman–Crippen LogP) is 1.63. The minimum Gasteiger partial charge on any atom is -0.468 e. The summed E-state index contributed by atoms with van der Waals surface area (Å²) in [4.78, 5) is 21.8. The molecular formula is C11H10BrF2NO3. The van der Waals surface area contributed by atoms with E-state index in [2.05, 4.69) is 26.0 Å². The Bertz CT molecular complexity index is 468. The normalized spacial score (nSPS) is 11.8. The molecule has 0 fully saturated rings. The molecule has 0 saturated carbocycles. The van der Waals surface area contributed by atoms with Crippen LogP contribution in [0.2, 0.25) is 0 Å². The summed E-state index contributed by atoms with van der Waals surface area (Å²) < 4.78 is 30.6. The van der Waals surface area contributed by atoms with Crippen LogP contribution in [0.5, 0.6) is 0 Å². The molecule has 0 aliphatic heterocycles. The van der Waals surface area contributed by atoms with Gasteiger partial charge in [-0.05, 0) is 12.1 Å². The lowest BCUT2D eigenvalue weighted by Gasteiger charge is -2.09. The van der Waals surface area contributed by atoms with E-state index in [1.807, 2.05) is 0 Å². The van der Waals surface area contributed by atoms with Crippen LogP contribution < -0.4 is 5.32 Å². The van der Waals surface area contributed by atoms with Crippen molar-refractivity contribution in [2.24, 2.45) is 0 Å². The number of amides is 1. The number of hydrogen-bond donors (Lipinski definition) is 1. The number of benzene rings is 1. The van der Waals surface area contributed by atoms with Crippen molar-refractivity contribution in [3.63, 3.8) is 0 Å². The third-order valence-corrected chi connectivity index (χ3v) is 2.79. The van der Waals surface area contributed by atoms with Gasteiger partial charge in [0.2, 0.25) is 0 Å². The first-order valence-corrected chi connectivity index (χ1v) is 5.83. The van der Waals surface area contributed by atoms with E-state index in [0.29, 0.717) is 0 Å². The van der Waals surface area contributed by atoms with Gasteiger partial charge >= 0.3 is 5.97 Å². The number of halogens is 3. The number of esters is 1. The molecule has 1 aromatic rings. The van der Waals surface area contributed by atoms with Gasteiger partial charge in [0.1, 0.15) is 4.83 Å². The topological polar surface area (TPSA) is 55.4 Å². The van der Waals surface area contributed by atoms with E-state index in [-0.39, 0.29) is 6.54 Å². The fourth-order valence-electron chi connectivity index (χ4n) is 1.17. The van der Waals surface area contributed by atoms with Crippen LogP contribution in [-0.2, 0) is 9.53 Å². The molecular weight excluding hydrogens is 312 g/mol. The first-order chi connectivity index (χ1) is 8.47. The smallest absolute Gasteiger partial charge is 0.321 e. The van der Waals surface area contributed by atoms with Gasteiger partial charge in [-0.3, -0.25) is 9.59 Å². The molecule has 0 spiro atoms. The lowest BCUT2D eigenvalue weighted by Crippen LogP contribution is -2.34. The maximum absolute atomic E-state index is 13.3. The Balaban J connectivity index is 2.66. The summed E-state index contributed by atoms with van der Waals surface area (Å²) in [6.07, 6.45) is 0. The molecule has 4 nitrogen and oxygen atoms in total. The van der Waals surface area contributed by atoms with Crippen molar-refractivity contribution >= 4 is 27.8 Å². The van der Waals surface area contributed by atoms with Gasteiger partial charge in [0.15, 0.2) is 11.6 Å². The van der Waals surface area contributed by atoms with Crippen LogP contribution in [0, 0.1) is 11.6 Å². The van der Waals surface area contributed by atoms with Gasteiger partial charge in [-0.25, -0.2) is 8.78 Å². The Labute approximate surface area is 110 Å². The summed E-state index contributed by atoms with van der Waals surface area (Å²) in [5.41, 5.74) is -0.417. The quantitative estimate of drug-likeness (QED) is 0.677. The summed E-state index contributed by atoms with van der Waals surface area (Å²) in [7, 11) is 1.20. The van der Waals surface area contributed by atoms with Crippen LogP contribution in [0.25, 0.3) is 0 Å². The van der Waals surface area contributed by atoms with E-state index in [1.54, 1.807) is 0 Å². The average Bonchev–Trinajstić information content (AvgIpc) is 2.37. The molecule has 18 heavy (non-hydrogen) atoms. The second-order valence-electron chi connectivity index (χ2n) is 3.30. The lowest BCUT2D eigenvalue weighted by molar-refractivity contribution is -0.139. The number of carbonyl (C=O) groups is 2. The minimum atomic E-state index is -1.22. The van der Waals surface area contributed by atoms with E-state index in [1.165, 1.54) is 13.2 Å². The van der Waals surface area contributed by atoms with Crippen molar-refractivity contribution in [3.05, 3.63) is 35.4 Å². The Morgan fingerprint density at radius 3 is 2.72 bits per heavy atom. The fourth-order valence-corrected chi connectivity index (χ4v) is 1.52. The van der Waals surface area contributed by atoms with E-state index in [0.717, 1.165) is 12.1 Å². The Morgan fingerprint density at radius 1 is 1.44 bits per heavy atom. The second kappa shape index (κ2) is 6.44. The second-order valence-corrected chi connectivity index (χ2v) is 4.41. The highest BCUT2D eigenvalue weighted by atomic mass is 79.9. The average molecular weight is 322 g/mol. The van der Waals surface area contributed by atoms with Crippen molar-refractivity contribution in [2.45, 2.75) is 4.83 Å². The van der Waals surface area contributed by atoms with E-state index >= 15 is 0 Å². The van der Waals surface area contributed by atoms with Gasteiger partial charge in [-0.1, -0.05) is 22.0 Å². The molecule has 1 aromatic carbocycles. The van der Waals surface area contributed by atoms with Crippen LogP contribution in [-0.4, -0.2) is 30.4 Å². The van der Waals surface area contributed by atoms with Gasteiger partial charge in [-0.2, -0.15) is 0 Å². The number of methoxy groups -OCH3 is 1. The fraction of sp³-hybridized carbons (Fsp3) is 0.273. The molecule has 0 saturated heterocycles. The lowest BCUT2D eigenvalue weighted by atomic mass is 10.2. The van der Waals surface area contributed by atoms with Crippen molar-refractivity contribution in [2.75, 3.05) is 13.7 Å². The van der Waals surface area contributed by atoms with Crippen molar-refractivity contribution in [1.29, 1.82) is 0 Å². The van der Waals surface area contributed by atoms with Crippen LogP contribution in [0.4, 0.5) is 8.78 Å². The van der Waals surface area contributed by atoms with E-state index in [9.17, 15) is 18.4 Å². The summed E-state index contributed by atoms with van der Waals surface area (Å²) in [6, 6.07) is 3.28. The summed E-state index contributed by atoms with van der Waals surface area (Å²) in [5.74, 6) is -3.71. The molecule has 1 unspecified atom stereocenters. The Hall–Kier alpha value is -1.50. The van der Waals surface area contributed by atoms with Crippen molar-refractivity contribution in [3.8, 4) is 0 Å². The third-order valence-electron chi connectivity index (χ3n) is 2.09. The van der Waals surface area contributed by atoms with Crippen LogP contribution >= 0.6 is 15.9 Å². The molecule has 0 aromatic heterocycles. The van der Waals surface area contributed by atoms with Crippen molar-refractivity contribution < 1.29 is 23.1 Å². The maximum atomic E-state index is 13.3. The highest BCUT2D eigenvalue weighted by Gasteiger charge is 2.19. The van der Waals surface area contributed by atoms with E-state index in [4.69, 9.17) is 0 Å². The highest BCUT2D eigenvalue weighted by molar-refractivity contribution is 9.10. The molecule has 1 rings (SSSR count). The zero-order valence-corrected chi connectivity index (χ0v) is 11.0. The van der Waals surface area contributed by atoms with Gasteiger partial charge in [0.05, 0.1) is 12.7 Å². The predicted molar refractivity (Wildman–Crippen MR) is 63.4 cm³/mol. The number of nitrogens with one attached hydrogen (secondary N) is 1. The monoisotopic (exact) mass is 321 g/mol. The number of ether oxygens (including phenoxy) is 1. The van der Waals surface area contributed by atoms with E-state index < -0.39 is 33.9 Å². The number of rotatable bonds is 4. The zero-order chi connectivity index (χ0) is 13.7. The number of hydrogen-bond acceptors (Lipinski definition) is 3. The highest BCUT2D eigenvalue weighted by Crippen LogP contribution is 2.11. The molecule has 1 atom stereocenters. The Kier molecular flexibility index (Phi) is 5.21. The molecule has 1 amide bonds. The number of carbonyl (C=O) groups excluding carboxylic acids is 2. The van der Waals surface area contributed by atoms with Gasteiger partial charge < -0.3 is 10.1 Å². The zero-order valence-electron chi connectivity index (χ0n) is 9.38. The summed E-state index contributed by atoms with van der Waals surface area (Å²) in [5, 5.41) is 2.29. The van der Waals surface area contributed by atoms with Crippen LogP contribution in [0.15, 0.2) is 18.2 Å². The van der Waals surface area contributed by atoms with Gasteiger partial charge in [0, 0.05) is 6.54 Å². The van der Waals surface area contributed by atoms with Crippen molar-refractivity contribution in [1.82, 2.24) is 5.32 Å². The Morgan fingerprint density at radius 2 is 2.11 bits per heavy atom. The largest absolute Gasteiger partial charge is 0.468 e. The SMILES string of the molecule is COC(=O)C(Br)CNC(=O)c1cccc(F)c1F.